The van der Waals surface area contributed by atoms with Gasteiger partial charge in [0, 0.05) is 31.9 Å². The van der Waals surface area contributed by atoms with E-state index in [4.69, 9.17) is 0 Å². The zero-order valence-corrected chi connectivity index (χ0v) is 15.3. The highest BCUT2D eigenvalue weighted by Crippen LogP contribution is 2.32. The summed E-state index contributed by atoms with van der Waals surface area (Å²) in [5, 5.41) is 2.40. The van der Waals surface area contributed by atoms with Gasteiger partial charge in [-0.15, -0.1) is 0 Å². The molecular formula is C21H22FN3O2. The highest BCUT2D eigenvalue weighted by atomic mass is 19.1. The van der Waals surface area contributed by atoms with E-state index in [0.717, 1.165) is 37.2 Å². The van der Waals surface area contributed by atoms with E-state index in [9.17, 15) is 14.0 Å². The summed E-state index contributed by atoms with van der Waals surface area (Å²) in [6.07, 6.45) is 1.63. The Labute approximate surface area is 157 Å². The second-order valence-corrected chi connectivity index (χ2v) is 6.94. The molecule has 0 atom stereocenters. The van der Waals surface area contributed by atoms with Gasteiger partial charge in [0.15, 0.2) is 0 Å². The Kier molecular flexibility index (Phi) is 4.56. The van der Waals surface area contributed by atoms with Gasteiger partial charge in [-0.05, 0) is 36.2 Å². The normalized spacial score (nSPS) is 16.5. The van der Waals surface area contributed by atoms with Gasteiger partial charge in [-0.25, -0.2) is 4.39 Å². The number of hydrogen-bond acceptors (Lipinski definition) is 4. The van der Waals surface area contributed by atoms with Crippen molar-refractivity contribution in [3.63, 3.8) is 0 Å². The summed E-state index contributed by atoms with van der Waals surface area (Å²) < 4.78 is 14.1. The van der Waals surface area contributed by atoms with Crippen molar-refractivity contribution in [2.24, 2.45) is 0 Å². The molecule has 0 saturated carbocycles. The molecule has 0 bridgehead atoms. The minimum atomic E-state index is -0.316. The maximum atomic E-state index is 14.1. The molecule has 2 heterocycles. The standard InChI is InChI=1S/C21H22FN3O2/c1-2-5-14-17(9-8-15-19(14)21(27)23-20(15)26)24-10-12-25(13-11-24)18-7-4-3-6-16(18)22/h3-4,6-9H,2,5,10-13H2,1H3,(H,23,26,27). The van der Waals surface area contributed by atoms with Crippen molar-refractivity contribution in [1.82, 2.24) is 5.32 Å². The quantitative estimate of drug-likeness (QED) is 0.844. The van der Waals surface area contributed by atoms with E-state index in [0.29, 0.717) is 29.9 Å². The van der Waals surface area contributed by atoms with Gasteiger partial charge in [0.2, 0.25) is 0 Å². The molecule has 0 spiro atoms. The molecule has 0 unspecified atom stereocenters. The fourth-order valence-electron chi connectivity index (χ4n) is 4.01. The highest BCUT2D eigenvalue weighted by Gasteiger charge is 2.32. The number of nitrogens with zero attached hydrogens (tertiary/aromatic N) is 2. The Morgan fingerprint density at radius 1 is 0.926 bits per heavy atom. The van der Waals surface area contributed by atoms with Gasteiger partial charge < -0.3 is 9.80 Å². The summed E-state index contributed by atoms with van der Waals surface area (Å²) in [5.41, 5.74) is 3.57. The molecule has 0 aliphatic carbocycles. The first-order chi connectivity index (χ1) is 13.1. The Balaban J connectivity index is 1.60. The van der Waals surface area contributed by atoms with Crippen molar-refractivity contribution >= 4 is 23.2 Å². The molecule has 5 nitrogen and oxygen atoms in total. The summed E-state index contributed by atoms with van der Waals surface area (Å²) in [4.78, 5) is 28.5. The third-order valence-corrected chi connectivity index (χ3v) is 5.30. The van der Waals surface area contributed by atoms with Crippen LogP contribution in [-0.4, -0.2) is 38.0 Å². The molecule has 140 valence electrons. The molecule has 1 saturated heterocycles. The first kappa shape index (κ1) is 17.5. The van der Waals surface area contributed by atoms with E-state index in [1.807, 2.05) is 12.1 Å². The Bertz CT molecular complexity index is 904. The lowest BCUT2D eigenvalue weighted by Gasteiger charge is -2.38. The number of rotatable bonds is 4. The van der Waals surface area contributed by atoms with Crippen molar-refractivity contribution in [1.29, 1.82) is 0 Å². The summed E-state index contributed by atoms with van der Waals surface area (Å²) >= 11 is 0. The number of halogens is 1. The lowest BCUT2D eigenvalue weighted by Crippen LogP contribution is -2.47. The number of fused-ring (bicyclic) bond motifs is 1. The third-order valence-electron chi connectivity index (χ3n) is 5.30. The van der Waals surface area contributed by atoms with Crippen LogP contribution in [0.1, 0.15) is 39.6 Å². The SMILES string of the molecule is CCCc1c(N2CCN(c3ccccc3F)CC2)ccc2c1C(=O)NC2=O. The van der Waals surface area contributed by atoms with E-state index in [1.54, 1.807) is 18.2 Å². The van der Waals surface area contributed by atoms with Crippen molar-refractivity contribution in [3.05, 3.63) is 58.9 Å². The molecule has 0 aromatic heterocycles. The predicted octanol–water partition coefficient (Wildman–Crippen LogP) is 2.99. The predicted molar refractivity (Wildman–Crippen MR) is 103 cm³/mol. The molecule has 2 aromatic rings. The summed E-state index contributed by atoms with van der Waals surface area (Å²) in [5.74, 6) is -0.820. The number of carbonyl (C=O) groups is 2. The van der Waals surface area contributed by atoms with Gasteiger partial charge in [0.05, 0.1) is 16.8 Å². The first-order valence-electron chi connectivity index (χ1n) is 9.36. The topological polar surface area (TPSA) is 52.6 Å². The highest BCUT2D eigenvalue weighted by molar-refractivity contribution is 6.22. The Hall–Kier alpha value is -2.89. The van der Waals surface area contributed by atoms with Crippen LogP contribution < -0.4 is 15.1 Å². The monoisotopic (exact) mass is 367 g/mol. The number of imide groups is 1. The van der Waals surface area contributed by atoms with Crippen molar-refractivity contribution in [2.45, 2.75) is 19.8 Å². The molecule has 1 fully saturated rings. The van der Waals surface area contributed by atoms with Crippen LogP contribution in [0, 0.1) is 5.82 Å². The van der Waals surface area contributed by atoms with Crippen LogP contribution in [-0.2, 0) is 6.42 Å². The molecule has 27 heavy (non-hydrogen) atoms. The van der Waals surface area contributed by atoms with E-state index < -0.39 is 0 Å². The molecule has 4 rings (SSSR count). The van der Waals surface area contributed by atoms with E-state index in [-0.39, 0.29) is 17.6 Å². The molecule has 2 aromatic carbocycles. The Morgan fingerprint density at radius 3 is 2.26 bits per heavy atom. The average molecular weight is 367 g/mol. The molecule has 2 aliphatic heterocycles. The van der Waals surface area contributed by atoms with Crippen LogP contribution in [0.3, 0.4) is 0 Å². The van der Waals surface area contributed by atoms with E-state index in [2.05, 4.69) is 22.0 Å². The van der Waals surface area contributed by atoms with E-state index >= 15 is 0 Å². The van der Waals surface area contributed by atoms with Gasteiger partial charge in [-0.3, -0.25) is 14.9 Å². The maximum Gasteiger partial charge on any atom is 0.259 e. The summed E-state index contributed by atoms with van der Waals surface area (Å²) in [7, 11) is 0. The lowest BCUT2D eigenvalue weighted by molar-refractivity contribution is 0.0879. The molecule has 0 radical (unpaired) electrons. The number of benzene rings is 2. The second-order valence-electron chi connectivity index (χ2n) is 6.94. The van der Waals surface area contributed by atoms with Gasteiger partial charge in [0.1, 0.15) is 5.82 Å². The zero-order valence-electron chi connectivity index (χ0n) is 15.3. The van der Waals surface area contributed by atoms with Crippen LogP contribution >= 0.6 is 0 Å². The van der Waals surface area contributed by atoms with Crippen LogP contribution in [0.5, 0.6) is 0 Å². The molecule has 2 amide bonds. The minimum Gasteiger partial charge on any atom is -0.368 e. The molecule has 2 aliphatic rings. The number of anilines is 2. The number of hydrogen-bond donors (Lipinski definition) is 1. The Morgan fingerprint density at radius 2 is 1.59 bits per heavy atom. The summed E-state index contributed by atoms with van der Waals surface area (Å²) in [6, 6.07) is 10.5. The number of carbonyl (C=O) groups excluding carboxylic acids is 2. The van der Waals surface area contributed by atoms with E-state index in [1.165, 1.54) is 6.07 Å². The van der Waals surface area contributed by atoms with Crippen LogP contribution in [0.15, 0.2) is 36.4 Å². The molecular weight excluding hydrogens is 345 g/mol. The first-order valence-corrected chi connectivity index (χ1v) is 9.36. The van der Waals surface area contributed by atoms with Gasteiger partial charge >= 0.3 is 0 Å². The van der Waals surface area contributed by atoms with Crippen LogP contribution in [0.25, 0.3) is 0 Å². The van der Waals surface area contributed by atoms with Gasteiger partial charge in [-0.1, -0.05) is 25.5 Å². The number of piperazine rings is 1. The van der Waals surface area contributed by atoms with Crippen molar-refractivity contribution in [2.75, 3.05) is 36.0 Å². The minimum absolute atomic E-state index is 0.203. The number of amides is 2. The smallest absolute Gasteiger partial charge is 0.259 e. The van der Waals surface area contributed by atoms with Crippen molar-refractivity contribution in [3.8, 4) is 0 Å². The van der Waals surface area contributed by atoms with Crippen LogP contribution in [0.2, 0.25) is 0 Å². The maximum absolute atomic E-state index is 14.1. The fourth-order valence-corrected chi connectivity index (χ4v) is 4.01. The average Bonchev–Trinajstić information content (AvgIpc) is 2.97. The second kappa shape index (κ2) is 7.02. The number of para-hydroxylation sites is 1. The van der Waals surface area contributed by atoms with Gasteiger partial charge in [-0.2, -0.15) is 0 Å². The molecule has 6 heteroatoms. The summed E-state index contributed by atoms with van der Waals surface area (Å²) in [6.45, 7) is 4.94. The largest absolute Gasteiger partial charge is 0.368 e. The number of nitrogens with one attached hydrogen (secondary N) is 1. The van der Waals surface area contributed by atoms with Crippen LogP contribution in [0.4, 0.5) is 15.8 Å². The zero-order chi connectivity index (χ0) is 19.0. The van der Waals surface area contributed by atoms with Gasteiger partial charge in [0.25, 0.3) is 11.8 Å². The fraction of sp³-hybridized carbons (Fsp3) is 0.333. The third kappa shape index (κ3) is 3.05. The van der Waals surface area contributed by atoms with Crippen molar-refractivity contribution < 1.29 is 14.0 Å². The molecule has 1 N–H and O–H groups in total. The lowest BCUT2D eigenvalue weighted by atomic mass is 9.96.